The standard InChI is InChI=1S/C26H36N8O/c1-17(2)34-26(28-18(3)30-34)21-16-32-12-13-35-23-14-24(27-15-20(23)25(32)29-21)33-9-5-6-22(33)19-7-10-31(4)11-8-19/h14-17,19,22H,5-13H2,1-4H3/t22-/m1/s1. The minimum atomic E-state index is 0.213. The highest BCUT2D eigenvalue weighted by molar-refractivity contribution is 5.69. The lowest BCUT2D eigenvalue weighted by molar-refractivity contribution is 0.198. The van der Waals surface area contributed by atoms with Crippen molar-refractivity contribution in [2.45, 2.75) is 65.1 Å². The molecule has 0 spiro atoms. The molecule has 0 aromatic carbocycles. The molecule has 6 heterocycles. The van der Waals surface area contributed by atoms with Crippen molar-refractivity contribution in [1.82, 2.24) is 34.2 Å². The van der Waals surface area contributed by atoms with Crippen LogP contribution in [0.4, 0.5) is 5.82 Å². The normalized spacial score (nSPS) is 21.2. The molecule has 3 aliphatic heterocycles. The molecule has 0 radical (unpaired) electrons. The van der Waals surface area contributed by atoms with Gasteiger partial charge in [0, 0.05) is 37.1 Å². The van der Waals surface area contributed by atoms with Gasteiger partial charge in [-0.1, -0.05) is 0 Å². The fraction of sp³-hybridized carbons (Fsp3) is 0.615. The Morgan fingerprint density at radius 3 is 2.66 bits per heavy atom. The van der Waals surface area contributed by atoms with E-state index in [9.17, 15) is 0 Å². The first-order valence-electron chi connectivity index (χ1n) is 13.1. The molecule has 3 aromatic rings. The number of aromatic nitrogens is 6. The quantitative estimate of drug-likeness (QED) is 0.567. The van der Waals surface area contributed by atoms with Crippen molar-refractivity contribution < 1.29 is 4.74 Å². The molecular weight excluding hydrogens is 440 g/mol. The third-order valence-electron chi connectivity index (χ3n) is 7.82. The average molecular weight is 477 g/mol. The zero-order chi connectivity index (χ0) is 24.1. The van der Waals surface area contributed by atoms with Gasteiger partial charge in [0.2, 0.25) is 0 Å². The van der Waals surface area contributed by atoms with Crippen LogP contribution in [0.25, 0.3) is 22.9 Å². The minimum Gasteiger partial charge on any atom is -0.491 e. The van der Waals surface area contributed by atoms with E-state index < -0.39 is 0 Å². The van der Waals surface area contributed by atoms with E-state index in [1.807, 2.05) is 17.8 Å². The van der Waals surface area contributed by atoms with Gasteiger partial charge in [0.1, 0.15) is 35.5 Å². The van der Waals surface area contributed by atoms with E-state index in [0.29, 0.717) is 12.6 Å². The van der Waals surface area contributed by atoms with Crippen molar-refractivity contribution in [2.75, 3.05) is 38.2 Å². The number of pyridine rings is 1. The van der Waals surface area contributed by atoms with Gasteiger partial charge in [-0.3, -0.25) is 0 Å². The molecule has 6 rings (SSSR count). The fourth-order valence-electron chi connectivity index (χ4n) is 5.98. The van der Waals surface area contributed by atoms with Crippen LogP contribution in [0, 0.1) is 12.8 Å². The second-order valence-electron chi connectivity index (χ2n) is 10.6. The lowest BCUT2D eigenvalue weighted by Crippen LogP contribution is -2.42. The van der Waals surface area contributed by atoms with Crippen LogP contribution in [-0.4, -0.2) is 73.5 Å². The summed E-state index contributed by atoms with van der Waals surface area (Å²) in [5.74, 6) is 5.12. The van der Waals surface area contributed by atoms with Gasteiger partial charge >= 0.3 is 0 Å². The van der Waals surface area contributed by atoms with Crippen molar-refractivity contribution in [2.24, 2.45) is 5.92 Å². The number of rotatable bonds is 4. The molecule has 9 nitrogen and oxygen atoms in total. The molecule has 186 valence electrons. The van der Waals surface area contributed by atoms with Gasteiger partial charge in [-0.25, -0.2) is 19.6 Å². The molecule has 0 saturated carbocycles. The summed E-state index contributed by atoms with van der Waals surface area (Å²) in [6.45, 7) is 11.0. The van der Waals surface area contributed by atoms with Crippen LogP contribution < -0.4 is 9.64 Å². The third kappa shape index (κ3) is 4.09. The molecule has 0 aliphatic carbocycles. The second kappa shape index (κ2) is 8.93. The molecule has 1 atom stereocenters. The number of imidazole rings is 1. The SMILES string of the molecule is Cc1nc(-c2cn3c(n2)-c2cnc(N4CCC[C@@H]4C4CCN(C)CC4)cc2OCC3)n(C(C)C)n1. The third-order valence-corrected chi connectivity index (χ3v) is 7.82. The molecule has 35 heavy (non-hydrogen) atoms. The Morgan fingerprint density at radius 1 is 1.03 bits per heavy atom. The first-order valence-corrected chi connectivity index (χ1v) is 13.1. The molecule has 0 bridgehead atoms. The largest absolute Gasteiger partial charge is 0.491 e. The number of ether oxygens (including phenoxy) is 1. The van der Waals surface area contributed by atoms with E-state index in [4.69, 9.17) is 14.7 Å². The van der Waals surface area contributed by atoms with E-state index in [2.05, 4.69) is 57.6 Å². The van der Waals surface area contributed by atoms with Crippen molar-refractivity contribution in [3.63, 3.8) is 0 Å². The van der Waals surface area contributed by atoms with Crippen molar-refractivity contribution in [3.05, 3.63) is 24.3 Å². The van der Waals surface area contributed by atoms with Crippen LogP contribution in [0.1, 0.15) is 51.4 Å². The summed E-state index contributed by atoms with van der Waals surface area (Å²) in [6.07, 6.45) is 9.08. The molecule has 9 heteroatoms. The lowest BCUT2D eigenvalue weighted by Gasteiger charge is -2.37. The molecule has 3 aromatic heterocycles. The van der Waals surface area contributed by atoms with Crippen molar-refractivity contribution >= 4 is 5.82 Å². The maximum atomic E-state index is 6.23. The number of hydrogen-bond acceptors (Lipinski definition) is 7. The number of piperidine rings is 1. The molecular formula is C26H36N8O. The Balaban J connectivity index is 1.32. The number of likely N-dealkylation sites (tertiary alicyclic amines) is 1. The highest BCUT2D eigenvalue weighted by atomic mass is 16.5. The Morgan fingerprint density at radius 2 is 1.86 bits per heavy atom. The summed E-state index contributed by atoms with van der Waals surface area (Å²) >= 11 is 0. The molecule has 2 fully saturated rings. The van der Waals surface area contributed by atoms with Crippen LogP contribution in [0.5, 0.6) is 5.75 Å². The Kier molecular flexibility index (Phi) is 5.75. The average Bonchev–Trinajstić information content (AvgIpc) is 3.56. The van der Waals surface area contributed by atoms with Gasteiger partial charge < -0.3 is 19.1 Å². The monoisotopic (exact) mass is 476 g/mol. The maximum Gasteiger partial charge on any atom is 0.178 e. The molecule has 3 aliphatic rings. The molecule has 0 unspecified atom stereocenters. The molecule has 0 N–H and O–H groups in total. The fourth-order valence-corrected chi connectivity index (χ4v) is 5.98. The number of anilines is 1. The van der Waals surface area contributed by atoms with Gasteiger partial charge in [-0.2, -0.15) is 5.10 Å². The smallest absolute Gasteiger partial charge is 0.178 e. The highest BCUT2D eigenvalue weighted by Gasteiger charge is 2.34. The van der Waals surface area contributed by atoms with E-state index in [0.717, 1.165) is 59.3 Å². The van der Waals surface area contributed by atoms with E-state index >= 15 is 0 Å². The van der Waals surface area contributed by atoms with E-state index in [1.165, 1.54) is 38.8 Å². The van der Waals surface area contributed by atoms with Crippen molar-refractivity contribution in [1.29, 1.82) is 0 Å². The van der Waals surface area contributed by atoms with Crippen LogP contribution in [0.2, 0.25) is 0 Å². The number of hydrogen-bond donors (Lipinski definition) is 0. The predicted octanol–water partition coefficient (Wildman–Crippen LogP) is 3.80. The van der Waals surface area contributed by atoms with Gasteiger partial charge in [-0.15, -0.1) is 0 Å². The Bertz CT molecular complexity index is 1210. The zero-order valence-electron chi connectivity index (χ0n) is 21.3. The highest BCUT2D eigenvalue weighted by Crippen LogP contribution is 2.39. The van der Waals surface area contributed by atoms with Gasteiger partial charge in [0.15, 0.2) is 5.82 Å². The van der Waals surface area contributed by atoms with Gasteiger partial charge in [0.05, 0.1) is 12.1 Å². The van der Waals surface area contributed by atoms with Crippen LogP contribution in [0.3, 0.4) is 0 Å². The van der Waals surface area contributed by atoms with Crippen LogP contribution in [0.15, 0.2) is 18.5 Å². The summed E-state index contributed by atoms with van der Waals surface area (Å²) in [4.78, 5) is 19.6. The summed E-state index contributed by atoms with van der Waals surface area (Å²) < 4.78 is 10.3. The van der Waals surface area contributed by atoms with Gasteiger partial charge in [0.25, 0.3) is 0 Å². The zero-order valence-corrected chi connectivity index (χ0v) is 21.3. The first-order chi connectivity index (χ1) is 17.0. The van der Waals surface area contributed by atoms with Crippen LogP contribution >= 0.6 is 0 Å². The summed E-state index contributed by atoms with van der Waals surface area (Å²) in [6, 6.07) is 2.94. The van der Waals surface area contributed by atoms with Gasteiger partial charge in [-0.05, 0) is 72.5 Å². The molecule has 2 saturated heterocycles. The minimum absolute atomic E-state index is 0.213. The summed E-state index contributed by atoms with van der Waals surface area (Å²) in [7, 11) is 2.23. The Labute approximate surface area is 207 Å². The maximum absolute atomic E-state index is 6.23. The number of fused-ring (bicyclic) bond motifs is 3. The van der Waals surface area contributed by atoms with Crippen LogP contribution in [-0.2, 0) is 6.54 Å². The summed E-state index contributed by atoms with van der Waals surface area (Å²) in [5, 5.41) is 4.57. The first kappa shape index (κ1) is 22.5. The van der Waals surface area contributed by atoms with Crippen molar-refractivity contribution in [3.8, 4) is 28.7 Å². The number of nitrogens with zero attached hydrogens (tertiary/aromatic N) is 8. The molecule has 0 amide bonds. The lowest BCUT2D eigenvalue weighted by atomic mass is 9.88. The van der Waals surface area contributed by atoms with E-state index in [-0.39, 0.29) is 6.04 Å². The Hall–Kier alpha value is -2.94. The van der Waals surface area contributed by atoms with E-state index in [1.54, 1.807) is 0 Å². The number of aryl methyl sites for hydroxylation is 1. The topological polar surface area (TPSA) is 77.1 Å². The summed E-state index contributed by atoms with van der Waals surface area (Å²) in [5.41, 5.74) is 1.79. The predicted molar refractivity (Wildman–Crippen MR) is 136 cm³/mol. The second-order valence-corrected chi connectivity index (χ2v) is 10.6.